The Morgan fingerprint density at radius 2 is 1.86 bits per heavy atom. The van der Waals surface area contributed by atoms with Crippen molar-refractivity contribution in [1.29, 1.82) is 0 Å². The van der Waals surface area contributed by atoms with Gasteiger partial charge in [-0.15, -0.1) is 0 Å². The van der Waals surface area contributed by atoms with Crippen molar-refractivity contribution in [3.05, 3.63) is 70.5 Å². The number of nitrogens with zero attached hydrogens (tertiary/aromatic N) is 1. The number of hydrazine groups is 1. The third-order valence-corrected chi connectivity index (χ3v) is 4.03. The van der Waals surface area contributed by atoms with E-state index >= 15 is 0 Å². The van der Waals surface area contributed by atoms with Gasteiger partial charge in [0.25, 0.3) is 0 Å². The first-order valence-electron chi connectivity index (χ1n) is 6.54. The van der Waals surface area contributed by atoms with E-state index in [1.54, 1.807) is 0 Å². The van der Waals surface area contributed by atoms with E-state index in [1.165, 1.54) is 0 Å². The second kappa shape index (κ2) is 5.81. The number of nitrogen functional groups attached to an aromatic ring is 1. The SMILES string of the molecule is NNC(c1cc(Br)ccc1N)c1cncc2ccccc12. The monoisotopic (exact) mass is 342 g/mol. The zero-order valence-corrected chi connectivity index (χ0v) is 12.8. The Kier molecular flexibility index (Phi) is 3.88. The van der Waals surface area contributed by atoms with Crippen LogP contribution in [0.25, 0.3) is 10.8 Å². The van der Waals surface area contributed by atoms with E-state index in [4.69, 9.17) is 11.6 Å². The molecule has 4 nitrogen and oxygen atoms in total. The molecule has 0 saturated carbocycles. The molecule has 5 heteroatoms. The molecular formula is C16H15BrN4. The van der Waals surface area contributed by atoms with Crippen LogP contribution in [0.4, 0.5) is 5.69 Å². The van der Waals surface area contributed by atoms with E-state index in [2.05, 4.69) is 32.4 Å². The lowest BCUT2D eigenvalue weighted by Gasteiger charge is -2.20. The lowest BCUT2D eigenvalue weighted by Crippen LogP contribution is -2.29. The van der Waals surface area contributed by atoms with Crippen molar-refractivity contribution in [3.63, 3.8) is 0 Å². The fourth-order valence-electron chi connectivity index (χ4n) is 2.51. The second-order valence-electron chi connectivity index (χ2n) is 4.82. The number of anilines is 1. The van der Waals surface area contributed by atoms with Crippen molar-refractivity contribution in [2.75, 3.05) is 5.73 Å². The number of halogens is 1. The largest absolute Gasteiger partial charge is 0.398 e. The molecular weight excluding hydrogens is 328 g/mol. The van der Waals surface area contributed by atoms with Crippen LogP contribution in [-0.4, -0.2) is 4.98 Å². The zero-order chi connectivity index (χ0) is 14.8. The third kappa shape index (κ3) is 2.63. The Balaban J connectivity index is 2.21. The fourth-order valence-corrected chi connectivity index (χ4v) is 2.89. The number of hydrogen-bond donors (Lipinski definition) is 3. The van der Waals surface area contributed by atoms with E-state index in [0.717, 1.165) is 26.4 Å². The molecule has 0 aliphatic rings. The van der Waals surface area contributed by atoms with Gasteiger partial charge in [0, 0.05) is 33.5 Å². The summed E-state index contributed by atoms with van der Waals surface area (Å²) in [5.74, 6) is 5.80. The minimum Gasteiger partial charge on any atom is -0.398 e. The minimum absolute atomic E-state index is 0.221. The maximum absolute atomic E-state index is 6.11. The highest BCUT2D eigenvalue weighted by molar-refractivity contribution is 9.10. The van der Waals surface area contributed by atoms with Crippen LogP contribution in [0.15, 0.2) is 59.3 Å². The molecule has 0 saturated heterocycles. The Bertz CT molecular complexity index is 783. The predicted molar refractivity (Wildman–Crippen MR) is 89.5 cm³/mol. The molecule has 0 radical (unpaired) electrons. The number of hydrogen-bond acceptors (Lipinski definition) is 4. The van der Waals surface area contributed by atoms with Crippen molar-refractivity contribution < 1.29 is 0 Å². The number of fused-ring (bicyclic) bond motifs is 1. The summed E-state index contributed by atoms with van der Waals surface area (Å²) in [5, 5.41) is 2.18. The molecule has 21 heavy (non-hydrogen) atoms. The van der Waals surface area contributed by atoms with Crippen LogP contribution in [0.1, 0.15) is 17.2 Å². The molecule has 0 fully saturated rings. The van der Waals surface area contributed by atoms with Crippen LogP contribution in [-0.2, 0) is 0 Å². The van der Waals surface area contributed by atoms with Gasteiger partial charge in [0.05, 0.1) is 6.04 Å². The molecule has 3 aromatic rings. The number of pyridine rings is 1. The van der Waals surface area contributed by atoms with Gasteiger partial charge in [-0.25, -0.2) is 5.43 Å². The summed E-state index contributed by atoms with van der Waals surface area (Å²) in [7, 11) is 0. The van der Waals surface area contributed by atoms with Crippen molar-refractivity contribution >= 4 is 32.4 Å². The highest BCUT2D eigenvalue weighted by Gasteiger charge is 2.18. The van der Waals surface area contributed by atoms with Crippen molar-refractivity contribution in [3.8, 4) is 0 Å². The van der Waals surface area contributed by atoms with E-state index in [0.29, 0.717) is 5.69 Å². The second-order valence-corrected chi connectivity index (χ2v) is 5.74. The van der Waals surface area contributed by atoms with Crippen LogP contribution in [0.2, 0.25) is 0 Å². The van der Waals surface area contributed by atoms with Crippen molar-refractivity contribution in [1.82, 2.24) is 10.4 Å². The van der Waals surface area contributed by atoms with Gasteiger partial charge in [-0.1, -0.05) is 40.2 Å². The average molecular weight is 343 g/mol. The van der Waals surface area contributed by atoms with Gasteiger partial charge in [0.1, 0.15) is 0 Å². The van der Waals surface area contributed by atoms with Gasteiger partial charge in [-0.2, -0.15) is 0 Å². The molecule has 1 atom stereocenters. The van der Waals surface area contributed by atoms with Crippen LogP contribution >= 0.6 is 15.9 Å². The Morgan fingerprint density at radius 1 is 1.05 bits per heavy atom. The molecule has 3 rings (SSSR count). The normalized spacial score (nSPS) is 12.5. The van der Waals surface area contributed by atoms with E-state index < -0.39 is 0 Å². The fraction of sp³-hybridized carbons (Fsp3) is 0.0625. The zero-order valence-electron chi connectivity index (χ0n) is 11.3. The third-order valence-electron chi connectivity index (χ3n) is 3.54. The van der Waals surface area contributed by atoms with Gasteiger partial charge in [-0.05, 0) is 29.1 Å². The number of rotatable bonds is 3. The summed E-state index contributed by atoms with van der Waals surface area (Å²) in [5.41, 5.74) is 11.6. The molecule has 1 aromatic heterocycles. The van der Waals surface area contributed by atoms with Gasteiger partial charge >= 0.3 is 0 Å². The van der Waals surface area contributed by atoms with Gasteiger partial charge in [-0.3, -0.25) is 10.8 Å². The molecule has 0 bridgehead atoms. The van der Waals surface area contributed by atoms with Crippen LogP contribution in [0.5, 0.6) is 0 Å². The van der Waals surface area contributed by atoms with Gasteiger partial charge in [0.2, 0.25) is 0 Å². The minimum atomic E-state index is -0.221. The average Bonchev–Trinajstić information content (AvgIpc) is 2.51. The first kappa shape index (κ1) is 14.0. The molecule has 0 amide bonds. The topological polar surface area (TPSA) is 77.0 Å². The Morgan fingerprint density at radius 3 is 2.67 bits per heavy atom. The number of nitrogens with one attached hydrogen (secondary N) is 1. The summed E-state index contributed by atoms with van der Waals surface area (Å²) < 4.78 is 0.958. The lowest BCUT2D eigenvalue weighted by atomic mass is 9.95. The maximum Gasteiger partial charge on any atom is 0.0751 e. The summed E-state index contributed by atoms with van der Waals surface area (Å²) in [6.07, 6.45) is 3.67. The molecule has 0 aliphatic carbocycles. The van der Waals surface area contributed by atoms with Crippen molar-refractivity contribution in [2.24, 2.45) is 5.84 Å². The number of benzene rings is 2. The van der Waals surface area contributed by atoms with E-state index in [9.17, 15) is 0 Å². The van der Waals surface area contributed by atoms with Crippen LogP contribution in [0, 0.1) is 0 Å². The van der Waals surface area contributed by atoms with Gasteiger partial charge in [0.15, 0.2) is 0 Å². The summed E-state index contributed by atoms with van der Waals surface area (Å²) in [4.78, 5) is 4.31. The van der Waals surface area contributed by atoms with Crippen molar-refractivity contribution in [2.45, 2.75) is 6.04 Å². The Labute approximate surface area is 131 Å². The van der Waals surface area contributed by atoms with E-state index in [1.807, 2.05) is 48.8 Å². The van der Waals surface area contributed by atoms with Crippen LogP contribution in [0.3, 0.4) is 0 Å². The maximum atomic E-state index is 6.11. The molecule has 0 aliphatic heterocycles. The number of nitrogens with two attached hydrogens (primary N) is 2. The smallest absolute Gasteiger partial charge is 0.0751 e. The summed E-state index contributed by atoms with van der Waals surface area (Å²) in [6.45, 7) is 0. The molecule has 2 aromatic carbocycles. The highest BCUT2D eigenvalue weighted by Crippen LogP contribution is 2.32. The summed E-state index contributed by atoms with van der Waals surface area (Å²) in [6, 6.07) is 13.6. The highest BCUT2D eigenvalue weighted by atomic mass is 79.9. The quantitative estimate of drug-likeness (QED) is 0.388. The molecule has 106 valence electrons. The first-order valence-corrected chi connectivity index (χ1v) is 7.33. The molecule has 5 N–H and O–H groups in total. The molecule has 1 heterocycles. The first-order chi connectivity index (χ1) is 10.2. The van der Waals surface area contributed by atoms with E-state index in [-0.39, 0.29) is 6.04 Å². The number of aromatic nitrogens is 1. The summed E-state index contributed by atoms with van der Waals surface area (Å²) >= 11 is 3.48. The molecule has 1 unspecified atom stereocenters. The molecule has 0 spiro atoms. The lowest BCUT2D eigenvalue weighted by molar-refractivity contribution is 0.640. The predicted octanol–water partition coefficient (Wildman–Crippen LogP) is 3.13. The van der Waals surface area contributed by atoms with Gasteiger partial charge < -0.3 is 5.73 Å². The Hall–Kier alpha value is -1.95. The van der Waals surface area contributed by atoms with Crippen LogP contribution < -0.4 is 17.0 Å². The standard InChI is InChI=1S/C16H15BrN4/c17-11-5-6-15(18)13(7-11)16(21-19)14-9-20-8-10-3-1-2-4-12(10)14/h1-9,16,21H,18-19H2.